The maximum atomic E-state index is 4.82. The Balaban J connectivity index is 1.86. The molecule has 2 saturated carbocycles. The molecule has 4 heteroatoms. The highest BCUT2D eigenvalue weighted by Gasteiger charge is 2.30. The summed E-state index contributed by atoms with van der Waals surface area (Å²) in [6.07, 6.45) is 7.57. The lowest BCUT2D eigenvalue weighted by atomic mass is 10.2. The summed E-state index contributed by atoms with van der Waals surface area (Å²) < 4.78 is 1.25. The number of rotatable bonds is 6. The van der Waals surface area contributed by atoms with Gasteiger partial charge >= 0.3 is 0 Å². The molecule has 1 N–H and O–H groups in total. The van der Waals surface area contributed by atoms with Gasteiger partial charge < -0.3 is 5.32 Å². The molecule has 3 rings (SSSR count). The van der Waals surface area contributed by atoms with E-state index >= 15 is 0 Å². The Labute approximate surface area is 122 Å². The summed E-state index contributed by atoms with van der Waals surface area (Å²) >= 11 is 2.41. The summed E-state index contributed by atoms with van der Waals surface area (Å²) in [7, 11) is 0. The minimum atomic E-state index is 0.708. The third kappa shape index (κ3) is 2.95. The van der Waals surface area contributed by atoms with Crippen LogP contribution >= 0.6 is 22.6 Å². The molecule has 0 amide bonds. The molecule has 0 radical (unpaired) electrons. The maximum absolute atomic E-state index is 4.82. The van der Waals surface area contributed by atoms with Gasteiger partial charge in [0.2, 0.25) is 0 Å². The van der Waals surface area contributed by atoms with Crippen LogP contribution in [0, 0.1) is 9.49 Å². The number of nitrogens with one attached hydrogen (secondary N) is 1. The van der Waals surface area contributed by atoms with Gasteiger partial charge in [0.05, 0.1) is 9.26 Å². The zero-order valence-corrected chi connectivity index (χ0v) is 13.0. The first kappa shape index (κ1) is 12.6. The molecule has 2 aliphatic carbocycles. The van der Waals surface area contributed by atoms with Gasteiger partial charge in [-0.3, -0.25) is 0 Å². The predicted molar refractivity (Wildman–Crippen MR) is 81.9 cm³/mol. The number of hydrogen-bond donors (Lipinski definition) is 1. The number of anilines is 1. The van der Waals surface area contributed by atoms with Gasteiger partial charge in [0.15, 0.2) is 0 Å². The molecule has 2 fully saturated rings. The SMILES string of the molecule is CCCNc1nc(CC2CC2)nc(C2CC2)c1I. The molecule has 1 aromatic heterocycles. The van der Waals surface area contributed by atoms with Gasteiger partial charge in [-0.05, 0) is 60.6 Å². The fourth-order valence-corrected chi connectivity index (χ4v) is 3.04. The van der Waals surface area contributed by atoms with Crippen molar-refractivity contribution in [3.63, 3.8) is 0 Å². The van der Waals surface area contributed by atoms with Crippen molar-refractivity contribution < 1.29 is 0 Å². The monoisotopic (exact) mass is 357 g/mol. The first-order chi connectivity index (χ1) is 8.78. The molecule has 1 heterocycles. The molecule has 0 atom stereocenters. The Morgan fingerprint density at radius 2 is 2.00 bits per heavy atom. The zero-order chi connectivity index (χ0) is 12.5. The number of aromatic nitrogens is 2. The summed E-state index contributed by atoms with van der Waals surface area (Å²) in [5.41, 5.74) is 1.31. The lowest BCUT2D eigenvalue weighted by molar-refractivity contribution is 0.753. The highest BCUT2D eigenvalue weighted by molar-refractivity contribution is 14.1. The Bertz CT molecular complexity index is 439. The van der Waals surface area contributed by atoms with Crippen LogP contribution in [0.2, 0.25) is 0 Å². The van der Waals surface area contributed by atoms with Gasteiger partial charge in [-0.1, -0.05) is 6.92 Å². The highest BCUT2D eigenvalue weighted by atomic mass is 127. The Kier molecular flexibility index (Phi) is 3.73. The molecular formula is C14H20IN3. The number of hydrogen-bond acceptors (Lipinski definition) is 3. The summed E-state index contributed by atoms with van der Waals surface area (Å²) in [5.74, 6) is 3.71. The van der Waals surface area contributed by atoms with Crippen molar-refractivity contribution in [3.05, 3.63) is 15.1 Å². The largest absolute Gasteiger partial charge is 0.369 e. The van der Waals surface area contributed by atoms with Crippen LogP contribution < -0.4 is 5.32 Å². The topological polar surface area (TPSA) is 37.8 Å². The fraction of sp³-hybridized carbons (Fsp3) is 0.714. The van der Waals surface area contributed by atoms with E-state index in [1.165, 1.54) is 34.9 Å². The van der Waals surface area contributed by atoms with Gasteiger partial charge in [0, 0.05) is 18.9 Å². The van der Waals surface area contributed by atoms with Gasteiger partial charge in [0.25, 0.3) is 0 Å². The van der Waals surface area contributed by atoms with E-state index in [0.717, 1.165) is 36.9 Å². The van der Waals surface area contributed by atoms with Crippen LogP contribution in [0.15, 0.2) is 0 Å². The quantitative estimate of drug-likeness (QED) is 0.789. The van der Waals surface area contributed by atoms with E-state index in [9.17, 15) is 0 Å². The van der Waals surface area contributed by atoms with Crippen molar-refractivity contribution in [1.82, 2.24) is 9.97 Å². The maximum Gasteiger partial charge on any atom is 0.143 e. The van der Waals surface area contributed by atoms with Crippen molar-refractivity contribution >= 4 is 28.4 Å². The summed E-state index contributed by atoms with van der Waals surface area (Å²) in [4.78, 5) is 9.56. The third-order valence-electron chi connectivity index (χ3n) is 3.60. The Morgan fingerprint density at radius 3 is 2.61 bits per heavy atom. The Morgan fingerprint density at radius 1 is 1.22 bits per heavy atom. The van der Waals surface area contributed by atoms with Crippen LogP contribution in [-0.2, 0) is 6.42 Å². The van der Waals surface area contributed by atoms with E-state index in [1.54, 1.807) is 0 Å². The summed E-state index contributed by atoms with van der Waals surface area (Å²) in [5, 5.41) is 3.46. The average Bonchev–Trinajstić information content (AvgIpc) is 3.22. The van der Waals surface area contributed by atoms with E-state index in [0.29, 0.717) is 5.92 Å². The highest BCUT2D eigenvalue weighted by Crippen LogP contribution is 2.42. The lowest BCUT2D eigenvalue weighted by Crippen LogP contribution is -2.10. The molecule has 0 spiro atoms. The lowest BCUT2D eigenvalue weighted by Gasteiger charge is -2.12. The van der Waals surface area contributed by atoms with E-state index < -0.39 is 0 Å². The van der Waals surface area contributed by atoms with Crippen LogP contribution in [0.1, 0.15) is 56.5 Å². The van der Waals surface area contributed by atoms with E-state index in [-0.39, 0.29) is 0 Å². The molecule has 0 unspecified atom stereocenters. The summed E-state index contributed by atoms with van der Waals surface area (Å²) in [6, 6.07) is 0. The third-order valence-corrected chi connectivity index (χ3v) is 4.66. The van der Waals surface area contributed by atoms with Crippen LogP contribution in [0.4, 0.5) is 5.82 Å². The molecule has 0 saturated heterocycles. The van der Waals surface area contributed by atoms with Gasteiger partial charge in [0.1, 0.15) is 11.6 Å². The van der Waals surface area contributed by atoms with Crippen molar-refractivity contribution in [1.29, 1.82) is 0 Å². The first-order valence-corrected chi connectivity index (χ1v) is 8.16. The van der Waals surface area contributed by atoms with Crippen molar-refractivity contribution in [2.24, 2.45) is 5.92 Å². The van der Waals surface area contributed by atoms with E-state index in [1.807, 2.05) is 0 Å². The minimum absolute atomic E-state index is 0.708. The van der Waals surface area contributed by atoms with E-state index in [2.05, 4.69) is 34.8 Å². The van der Waals surface area contributed by atoms with Gasteiger partial charge in [-0.2, -0.15) is 0 Å². The smallest absolute Gasteiger partial charge is 0.143 e. The summed E-state index contributed by atoms with van der Waals surface area (Å²) in [6.45, 7) is 3.19. The molecule has 18 heavy (non-hydrogen) atoms. The van der Waals surface area contributed by atoms with Crippen molar-refractivity contribution in [3.8, 4) is 0 Å². The average molecular weight is 357 g/mol. The van der Waals surface area contributed by atoms with Crippen molar-refractivity contribution in [2.75, 3.05) is 11.9 Å². The minimum Gasteiger partial charge on any atom is -0.369 e. The molecule has 0 aromatic carbocycles. The van der Waals surface area contributed by atoms with Crippen molar-refractivity contribution in [2.45, 2.75) is 51.4 Å². The zero-order valence-electron chi connectivity index (χ0n) is 10.9. The standard InChI is InChI=1S/C14H20IN3/c1-2-7-16-14-12(15)13(10-5-6-10)17-11(18-14)8-9-3-4-9/h9-10H,2-8H2,1H3,(H,16,17,18). The fourth-order valence-electron chi connectivity index (χ4n) is 2.17. The molecule has 2 aliphatic rings. The van der Waals surface area contributed by atoms with Gasteiger partial charge in [-0.25, -0.2) is 9.97 Å². The van der Waals surface area contributed by atoms with E-state index in [4.69, 9.17) is 9.97 Å². The molecule has 0 aliphatic heterocycles. The normalized spacial score (nSPS) is 19.0. The predicted octanol–water partition coefficient (Wildman–Crippen LogP) is 3.73. The van der Waals surface area contributed by atoms with Crippen LogP contribution in [0.5, 0.6) is 0 Å². The second-order valence-corrected chi connectivity index (χ2v) is 6.61. The molecular weight excluding hydrogens is 337 g/mol. The van der Waals surface area contributed by atoms with Crippen LogP contribution in [0.3, 0.4) is 0 Å². The second kappa shape index (κ2) is 5.31. The molecule has 98 valence electrons. The Hall–Kier alpha value is -0.390. The van der Waals surface area contributed by atoms with Crippen LogP contribution in [-0.4, -0.2) is 16.5 Å². The molecule has 3 nitrogen and oxygen atoms in total. The second-order valence-electron chi connectivity index (χ2n) is 5.54. The van der Waals surface area contributed by atoms with Gasteiger partial charge in [-0.15, -0.1) is 0 Å². The van der Waals surface area contributed by atoms with Crippen LogP contribution in [0.25, 0.3) is 0 Å². The first-order valence-electron chi connectivity index (χ1n) is 7.08. The number of halogens is 1. The number of nitrogens with zero attached hydrogens (tertiary/aromatic N) is 2. The molecule has 1 aromatic rings. The molecule has 0 bridgehead atoms.